The minimum atomic E-state index is -0.315. The number of amides is 1. The minimum absolute atomic E-state index is 0.166. The number of carbonyl (C=O) groups excluding carboxylic acids is 1. The van der Waals surface area contributed by atoms with Gasteiger partial charge in [0, 0.05) is 31.5 Å². The number of rotatable bonds is 4. The van der Waals surface area contributed by atoms with E-state index in [0.717, 1.165) is 5.69 Å². The molecule has 5 heteroatoms. The van der Waals surface area contributed by atoms with E-state index in [4.69, 9.17) is 4.42 Å². The predicted molar refractivity (Wildman–Crippen MR) is 101 cm³/mol. The summed E-state index contributed by atoms with van der Waals surface area (Å²) in [5.74, 6) is -0.315. The van der Waals surface area contributed by atoms with Crippen LogP contribution in [0.15, 0.2) is 70.1 Å². The maximum absolute atomic E-state index is 12.4. The summed E-state index contributed by atoms with van der Waals surface area (Å²) in [6.45, 7) is 0. The molecule has 25 heavy (non-hydrogen) atoms. The lowest BCUT2D eigenvalue weighted by Gasteiger charge is -2.12. The third kappa shape index (κ3) is 3.77. The number of carbonyl (C=O) groups is 1. The van der Waals surface area contributed by atoms with Crippen LogP contribution in [0.1, 0.15) is 5.56 Å². The molecule has 0 aliphatic heterocycles. The van der Waals surface area contributed by atoms with Crippen LogP contribution in [-0.2, 0) is 4.79 Å². The summed E-state index contributed by atoms with van der Waals surface area (Å²) in [5, 5.41) is 3.25. The highest BCUT2D eigenvalue weighted by molar-refractivity contribution is 6.02. The molecular weight excluding hydrogens is 316 g/mol. The molecule has 0 fully saturated rings. The molecule has 0 aliphatic carbocycles. The lowest BCUT2D eigenvalue weighted by molar-refractivity contribution is -0.111. The molecule has 3 rings (SSSR count). The van der Waals surface area contributed by atoms with Gasteiger partial charge >= 0.3 is 0 Å². The Kier molecular flexibility index (Phi) is 4.66. The lowest BCUT2D eigenvalue weighted by atomic mass is 10.1. The number of para-hydroxylation sites is 1. The fourth-order valence-corrected chi connectivity index (χ4v) is 2.40. The van der Waals surface area contributed by atoms with E-state index < -0.39 is 0 Å². The Balaban J connectivity index is 1.74. The average Bonchev–Trinajstić information content (AvgIpc) is 2.62. The quantitative estimate of drug-likeness (QED) is 0.742. The monoisotopic (exact) mass is 334 g/mol. The Morgan fingerprint density at radius 2 is 1.80 bits per heavy atom. The molecule has 5 nitrogen and oxygen atoms in total. The van der Waals surface area contributed by atoms with Gasteiger partial charge in [-0.15, -0.1) is 0 Å². The van der Waals surface area contributed by atoms with Gasteiger partial charge in [-0.3, -0.25) is 9.59 Å². The van der Waals surface area contributed by atoms with Gasteiger partial charge in [0.15, 0.2) is 5.43 Å². The second kappa shape index (κ2) is 7.05. The standard InChI is InChI=1S/C20H18N2O3/c1-22(2)16-10-8-15(9-11-16)21-19(23)12-7-14-13-25-18-6-4-3-5-17(18)20(14)24/h3-13H,1-2H3,(H,21,23)/b12-7+. The van der Waals surface area contributed by atoms with Crippen molar-refractivity contribution in [2.45, 2.75) is 0 Å². The highest BCUT2D eigenvalue weighted by atomic mass is 16.3. The van der Waals surface area contributed by atoms with Crippen LogP contribution in [0.5, 0.6) is 0 Å². The Bertz CT molecular complexity index is 986. The SMILES string of the molecule is CN(C)c1ccc(NC(=O)/C=C/c2coc3ccccc3c2=O)cc1. The van der Waals surface area contributed by atoms with Crippen molar-refractivity contribution in [3.8, 4) is 0 Å². The van der Waals surface area contributed by atoms with Crippen LogP contribution in [0, 0.1) is 0 Å². The molecule has 1 N–H and O–H groups in total. The molecule has 0 saturated heterocycles. The van der Waals surface area contributed by atoms with Crippen molar-refractivity contribution >= 4 is 34.3 Å². The van der Waals surface area contributed by atoms with Gasteiger partial charge in [-0.25, -0.2) is 0 Å². The van der Waals surface area contributed by atoms with Gasteiger partial charge in [0.1, 0.15) is 11.8 Å². The molecule has 0 radical (unpaired) electrons. The van der Waals surface area contributed by atoms with Gasteiger partial charge < -0.3 is 14.6 Å². The molecule has 126 valence electrons. The number of hydrogen-bond acceptors (Lipinski definition) is 4. The molecule has 0 aliphatic rings. The van der Waals surface area contributed by atoms with Gasteiger partial charge in [-0.05, 0) is 42.5 Å². The van der Waals surface area contributed by atoms with Crippen molar-refractivity contribution in [3.05, 3.63) is 76.7 Å². The Labute approximate surface area is 145 Å². The molecule has 2 aromatic carbocycles. The molecule has 0 spiro atoms. The van der Waals surface area contributed by atoms with Gasteiger partial charge in [-0.2, -0.15) is 0 Å². The van der Waals surface area contributed by atoms with Crippen LogP contribution in [0.3, 0.4) is 0 Å². The fraction of sp³-hybridized carbons (Fsp3) is 0.100. The normalized spacial score (nSPS) is 11.0. The van der Waals surface area contributed by atoms with Crippen LogP contribution in [0.4, 0.5) is 11.4 Å². The molecule has 0 saturated carbocycles. The summed E-state index contributed by atoms with van der Waals surface area (Å²) in [5.41, 5.74) is 2.42. The maximum atomic E-state index is 12.4. The molecule has 3 aromatic rings. The zero-order chi connectivity index (χ0) is 17.8. The van der Waals surface area contributed by atoms with Crippen molar-refractivity contribution in [2.75, 3.05) is 24.3 Å². The van der Waals surface area contributed by atoms with E-state index in [-0.39, 0.29) is 11.3 Å². The summed E-state index contributed by atoms with van der Waals surface area (Å²) in [6.07, 6.45) is 4.14. The number of anilines is 2. The van der Waals surface area contributed by atoms with Gasteiger partial charge in [0.25, 0.3) is 0 Å². The van der Waals surface area contributed by atoms with Crippen LogP contribution in [0.25, 0.3) is 17.0 Å². The van der Waals surface area contributed by atoms with Crippen molar-refractivity contribution in [1.29, 1.82) is 0 Å². The van der Waals surface area contributed by atoms with E-state index >= 15 is 0 Å². The largest absolute Gasteiger partial charge is 0.463 e. The predicted octanol–water partition coefficient (Wildman–Crippen LogP) is 3.51. The number of hydrogen-bond donors (Lipinski definition) is 1. The number of fused-ring (bicyclic) bond motifs is 1. The first-order valence-electron chi connectivity index (χ1n) is 7.81. The zero-order valence-corrected chi connectivity index (χ0v) is 14.0. The van der Waals surface area contributed by atoms with Gasteiger partial charge in [0.2, 0.25) is 5.91 Å². The highest BCUT2D eigenvalue weighted by Crippen LogP contribution is 2.16. The smallest absolute Gasteiger partial charge is 0.248 e. The highest BCUT2D eigenvalue weighted by Gasteiger charge is 2.05. The van der Waals surface area contributed by atoms with Crippen molar-refractivity contribution in [3.63, 3.8) is 0 Å². The zero-order valence-electron chi connectivity index (χ0n) is 14.0. The second-order valence-corrected chi connectivity index (χ2v) is 5.78. The van der Waals surface area contributed by atoms with Gasteiger partial charge in [-0.1, -0.05) is 12.1 Å². The lowest BCUT2D eigenvalue weighted by Crippen LogP contribution is -2.10. The van der Waals surface area contributed by atoms with Crippen LogP contribution in [0.2, 0.25) is 0 Å². The van der Waals surface area contributed by atoms with E-state index in [0.29, 0.717) is 22.2 Å². The molecule has 1 aromatic heterocycles. The number of nitrogens with zero attached hydrogens (tertiary/aromatic N) is 1. The van der Waals surface area contributed by atoms with E-state index in [1.807, 2.05) is 43.3 Å². The summed E-state index contributed by atoms with van der Waals surface area (Å²) in [7, 11) is 3.90. The topological polar surface area (TPSA) is 62.6 Å². The number of benzene rings is 2. The summed E-state index contributed by atoms with van der Waals surface area (Å²) in [6, 6.07) is 14.5. The third-order valence-corrected chi connectivity index (χ3v) is 3.77. The van der Waals surface area contributed by atoms with Crippen LogP contribution >= 0.6 is 0 Å². The molecule has 0 unspecified atom stereocenters. The van der Waals surface area contributed by atoms with Crippen molar-refractivity contribution in [2.24, 2.45) is 0 Å². The summed E-state index contributed by atoms with van der Waals surface area (Å²) >= 11 is 0. The summed E-state index contributed by atoms with van der Waals surface area (Å²) < 4.78 is 5.42. The van der Waals surface area contributed by atoms with Crippen LogP contribution < -0.4 is 15.6 Å². The third-order valence-electron chi connectivity index (χ3n) is 3.77. The second-order valence-electron chi connectivity index (χ2n) is 5.78. The first-order valence-corrected chi connectivity index (χ1v) is 7.81. The van der Waals surface area contributed by atoms with E-state index in [2.05, 4.69) is 5.32 Å². The first kappa shape index (κ1) is 16.5. The van der Waals surface area contributed by atoms with E-state index in [9.17, 15) is 9.59 Å². The van der Waals surface area contributed by atoms with Crippen LogP contribution in [-0.4, -0.2) is 20.0 Å². The van der Waals surface area contributed by atoms with Gasteiger partial charge in [0.05, 0.1) is 10.9 Å². The van der Waals surface area contributed by atoms with Crippen molar-refractivity contribution in [1.82, 2.24) is 0 Å². The molecular formula is C20H18N2O3. The van der Waals surface area contributed by atoms with Crippen molar-refractivity contribution < 1.29 is 9.21 Å². The van der Waals surface area contributed by atoms with E-state index in [1.165, 1.54) is 18.4 Å². The average molecular weight is 334 g/mol. The fourth-order valence-electron chi connectivity index (χ4n) is 2.40. The molecule has 0 bridgehead atoms. The molecule has 1 heterocycles. The Morgan fingerprint density at radius 1 is 1.08 bits per heavy atom. The van der Waals surface area contributed by atoms with E-state index in [1.54, 1.807) is 24.3 Å². The molecule has 0 atom stereocenters. The number of nitrogens with one attached hydrogen (secondary N) is 1. The summed E-state index contributed by atoms with van der Waals surface area (Å²) in [4.78, 5) is 26.4. The first-order chi connectivity index (χ1) is 12.0. The minimum Gasteiger partial charge on any atom is -0.463 e. The maximum Gasteiger partial charge on any atom is 0.248 e. The molecule has 1 amide bonds. The Hall–Kier alpha value is -3.34. The Morgan fingerprint density at radius 3 is 2.52 bits per heavy atom.